The second-order valence-corrected chi connectivity index (χ2v) is 7.15. The lowest BCUT2D eigenvalue weighted by Crippen LogP contribution is -2.50. The Hall–Kier alpha value is -1.71. The summed E-state index contributed by atoms with van der Waals surface area (Å²) < 4.78 is 0. The van der Waals surface area contributed by atoms with Crippen molar-refractivity contribution in [1.82, 2.24) is 14.8 Å². The predicted molar refractivity (Wildman–Crippen MR) is 98.1 cm³/mol. The number of hydrogen-bond acceptors (Lipinski definition) is 3. The van der Waals surface area contributed by atoms with Crippen LogP contribution in [-0.2, 0) is 25.8 Å². The van der Waals surface area contributed by atoms with Gasteiger partial charge in [0.15, 0.2) is 0 Å². The molecule has 2 heterocycles. The highest BCUT2D eigenvalue weighted by Crippen LogP contribution is 2.26. The molecule has 2 aromatic rings. The van der Waals surface area contributed by atoms with E-state index < -0.39 is 0 Å². The Labute approximate surface area is 145 Å². The zero-order valence-electron chi connectivity index (χ0n) is 14.6. The molecule has 0 atom stereocenters. The zero-order chi connectivity index (χ0) is 16.4. The van der Waals surface area contributed by atoms with Crippen molar-refractivity contribution in [2.45, 2.75) is 38.8 Å². The minimum Gasteiger partial charge on any atom is -0.297 e. The molecule has 1 saturated heterocycles. The number of benzene rings is 1. The highest BCUT2D eigenvalue weighted by Gasteiger charge is 2.28. The first-order valence-corrected chi connectivity index (χ1v) is 9.29. The molecule has 1 fully saturated rings. The van der Waals surface area contributed by atoms with E-state index in [1.165, 1.54) is 37.2 Å². The molecule has 0 bridgehead atoms. The topological polar surface area (TPSA) is 19.4 Å². The van der Waals surface area contributed by atoms with Crippen LogP contribution in [0.25, 0.3) is 0 Å². The molecule has 1 aliphatic heterocycles. The SMILES string of the molecule is CCc1ccc(CN2CCN(C3Cc4ccccc4C3)CC2)nc1. The Morgan fingerprint density at radius 1 is 0.958 bits per heavy atom. The maximum atomic E-state index is 4.61. The maximum Gasteiger partial charge on any atom is 0.0544 e. The van der Waals surface area contributed by atoms with Crippen molar-refractivity contribution in [2.24, 2.45) is 0 Å². The first-order valence-electron chi connectivity index (χ1n) is 9.29. The Kier molecular flexibility index (Phi) is 4.63. The van der Waals surface area contributed by atoms with Crippen LogP contribution in [0, 0.1) is 0 Å². The summed E-state index contributed by atoms with van der Waals surface area (Å²) in [5, 5.41) is 0. The van der Waals surface area contributed by atoms with E-state index in [1.54, 1.807) is 11.1 Å². The first kappa shape index (κ1) is 15.8. The largest absolute Gasteiger partial charge is 0.297 e. The van der Waals surface area contributed by atoms with E-state index in [0.717, 1.165) is 26.1 Å². The Balaban J connectivity index is 1.29. The second-order valence-electron chi connectivity index (χ2n) is 7.15. The average molecular weight is 321 g/mol. The van der Waals surface area contributed by atoms with Gasteiger partial charge in [-0.15, -0.1) is 0 Å². The molecule has 0 amide bonds. The molecule has 4 rings (SSSR count). The zero-order valence-corrected chi connectivity index (χ0v) is 14.6. The molecule has 3 heteroatoms. The summed E-state index contributed by atoms with van der Waals surface area (Å²) in [5.41, 5.74) is 5.65. The minimum absolute atomic E-state index is 0.714. The van der Waals surface area contributed by atoms with Crippen LogP contribution in [0.15, 0.2) is 42.6 Å². The van der Waals surface area contributed by atoms with Crippen molar-refractivity contribution in [2.75, 3.05) is 26.2 Å². The van der Waals surface area contributed by atoms with Crippen LogP contribution in [-0.4, -0.2) is 47.0 Å². The summed E-state index contributed by atoms with van der Waals surface area (Å²) in [6.07, 6.45) is 5.56. The molecular weight excluding hydrogens is 294 g/mol. The lowest BCUT2D eigenvalue weighted by molar-refractivity contribution is 0.0941. The summed E-state index contributed by atoms with van der Waals surface area (Å²) in [7, 11) is 0. The van der Waals surface area contributed by atoms with Gasteiger partial charge in [0, 0.05) is 45.0 Å². The second kappa shape index (κ2) is 7.04. The molecule has 0 radical (unpaired) electrons. The van der Waals surface area contributed by atoms with Gasteiger partial charge in [-0.05, 0) is 42.0 Å². The maximum absolute atomic E-state index is 4.61. The number of aromatic nitrogens is 1. The molecule has 1 aromatic heterocycles. The molecule has 0 spiro atoms. The van der Waals surface area contributed by atoms with E-state index in [9.17, 15) is 0 Å². The smallest absolute Gasteiger partial charge is 0.0544 e. The fourth-order valence-electron chi connectivity index (χ4n) is 4.07. The van der Waals surface area contributed by atoms with E-state index >= 15 is 0 Å². The van der Waals surface area contributed by atoms with Gasteiger partial charge >= 0.3 is 0 Å². The van der Waals surface area contributed by atoms with Gasteiger partial charge in [0.1, 0.15) is 0 Å². The van der Waals surface area contributed by atoms with Gasteiger partial charge in [0.2, 0.25) is 0 Å². The van der Waals surface area contributed by atoms with Gasteiger partial charge in [0.05, 0.1) is 5.69 Å². The predicted octanol–water partition coefficient (Wildman–Crippen LogP) is 2.93. The normalized spacial score (nSPS) is 19.5. The van der Waals surface area contributed by atoms with Gasteiger partial charge in [-0.25, -0.2) is 0 Å². The van der Waals surface area contributed by atoms with Gasteiger partial charge < -0.3 is 0 Å². The van der Waals surface area contributed by atoms with Gasteiger partial charge in [-0.2, -0.15) is 0 Å². The lowest BCUT2D eigenvalue weighted by atomic mass is 10.1. The van der Waals surface area contributed by atoms with Crippen molar-refractivity contribution >= 4 is 0 Å². The molecule has 3 nitrogen and oxygen atoms in total. The Morgan fingerprint density at radius 3 is 2.25 bits per heavy atom. The molecule has 0 saturated carbocycles. The van der Waals surface area contributed by atoms with Gasteiger partial charge in [-0.3, -0.25) is 14.8 Å². The van der Waals surface area contributed by atoms with E-state index in [0.29, 0.717) is 6.04 Å². The molecule has 0 N–H and O–H groups in total. The van der Waals surface area contributed by atoms with Crippen molar-refractivity contribution in [3.05, 3.63) is 65.0 Å². The first-order chi connectivity index (χ1) is 11.8. The van der Waals surface area contributed by atoms with Crippen molar-refractivity contribution in [3.8, 4) is 0 Å². The van der Waals surface area contributed by atoms with Gasteiger partial charge in [0.25, 0.3) is 0 Å². The number of pyridine rings is 1. The van der Waals surface area contributed by atoms with Crippen LogP contribution in [0.4, 0.5) is 0 Å². The fourth-order valence-corrected chi connectivity index (χ4v) is 4.07. The van der Waals surface area contributed by atoms with E-state index in [2.05, 4.69) is 58.1 Å². The number of nitrogens with zero attached hydrogens (tertiary/aromatic N) is 3. The highest BCUT2D eigenvalue weighted by atomic mass is 15.3. The van der Waals surface area contributed by atoms with Crippen LogP contribution < -0.4 is 0 Å². The summed E-state index contributed by atoms with van der Waals surface area (Å²) >= 11 is 0. The monoisotopic (exact) mass is 321 g/mol. The molecule has 126 valence electrons. The van der Waals surface area contributed by atoms with Crippen LogP contribution in [0.3, 0.4) is 0 Å². The minimum atomic E-state index is 0.714. The molecular formula is C21H27N3. The highest BCUT2D eigenvalue weighted by molar-refractivity contribution is 5.33. The van der Waals surface area contributed by atoms with E-state index in [4.69, 9.17) is 0 Å². The summed E-state index contributed by atoms with van der Waals surface area (Å²) in [6.45, 7) is 7.85. The molecule has 1 aromatic carbocycles. The van der Waals surface area contributed by atoms with Gasteiger partial charge in [-0.1, -0.05) is 37.3 Å². The number of fused-ring (bicyclic) bond motifs is 1. The quantitative estimate of drug-likeness (QED) is 0.863. The Morgan fingerprint density at radius 2 is 1.67 bits per heavy atom. The molecule has 2 aliphatic rings. The van der Waals surface area contributed by atoms with Crippen LogP contribution in [0.2, 0.25) is 0 Å². The third-order valence-electron chi connectivity index (χ3n) is 5.63. The third-order valence-corrected chi connectivity index (χ3v) is 5.63. The number of piperazine rings is 1. The lowest BCUT2D eigenvalue weighted by Gasteiger charge is -2.38. The Bertz CT molecular complexity index is 647. The molecule has 1 aliphatic carbocycles. The van der Waals surface area contributed by atoms with Crippen molar-refractivity contribution in [3.63, 3.8) is 0 Å². The van der Waals surface area contributed by atoms with Crippen molar-refractivity contribution < 1.29 is 0 Å². The molecule has 24 heavy (non-hydrogen) atoms. The standard InChI is InChI=1S/C21H27N3/c1-2-17-7-8-20(22-15-17)16-23-9-11-24(12-10-23)21-13-18-5-3-4-6-19(18)14-21/h3-8,15,21H,2,9-14,16H2,1H3. The molecule has 0 unspecified atom stereocenters. The number of rotatable bonds is 4. The van der Waals surface area contributed by atoms with Crippen molar-refractivity contribution in [1.29, 1.82) is 0 Å². The summed E-state index contributed by atoms with van der Waals surface area (Å²) in [6, 6.07) is 14.1. The summed E-state index contributed by atoms with van der Waals surface area (Å²) in [5.74, 6) is 0. The number of hydrogen-bond donors (Lipinski definition) is 0. The van der Waals surface area contributed by atoms with Crippen LogP contribution in [0.5, 0.6) is 0 Å². The average Bonchev–Trinajstić information content (AvgIpc) is 3.07. The van der Waals surface area contributed by atoms with Crippen LogP contribution in [0.1, 0.15) is 29.3 Å². The number of aryl methyl sites for hydroxylation is 1. The fraction of sp³-hybridized carbons (Fsp3) is 0.476. The van der Waals surface area contributed by atoms with E-state index in [-0.39, 0.29) is 0 Å². The summed E-state index contributed by atoms with van der Waals surface area (Å²) in [4.78, 5) is 9.86. The van der Waals surface area contributed by atoms with E-state index in [1.807, 2.05) is 6.20 Å². The third kappa shape index (κ3) is 3.38. The van der Waals surface area contributed by atoms with Crippen LogP contribution >= 0.6 is 0 Å².